The minimum absolute atomic E-state index is 0. The van der Waals surface area contributed by atoms with Crippen LogP contribution in [0.3, 0.4) is 0 Å². The van der Waals surface area contributed by atoms with Crippen LogP contribution in [0, 0.1) is 11.8 Å². The lowest BCUT2D eigenvalue weighted by Crippen LogP contribution is -2.30. The van der Waals surface area contributed by atoms with E-state index in [0.717, 1.165) is 12.8 Å². The number of rotatable bonds is 4. The van der Waals surface area contributed by atoms with Crippen LogP contribution in [0.4, 0.5) is 13.2 Å². The summed E-state index contributed by atoms with van der Waals surface area (Å²) in [6.07, 6.45) is -0.972. The van der Waals surface area contributed by atoms with E-state index >= 15 is 0 Å². The van der Waals surface area contributed by atoms with Gasteiger partial charge in [-0.2, -0.15) is 13.2 Å². The van der Waals surface area contributed by atoms with Crippen molar-refractivity contribution in [2.75, 3.05) is 6.54 Å². The van der Waals surface area contributed by atoms with Crippen LogP contribution in [0.5, 0.6) is 0 Å². The highest BCUT2D eigenvalue weighted by Gasteiger charge is 2.38. The SMILES string of the molecule is Cl.NCC(CCC1CC1)C(F)(F)F. The first-order chi connectivity index (χ1) is 5.54. The van der Waals surface area contributed by atoms with Crippen molar-refractivity contribution in [2.24, 2.45) is 17.6 Å². The van der Waals surface area contributed by atoms with Crippen molar-refractivity contribution in [2.45, 2.75) is 31.9 Å². The van der Waals surface area contributed by atoms with E-state index in [1.165, 1.54) is 0 Å². The lowest BCUT2D eigenvalue weighted by atomic mass is 10.0. The predicted octanol–water partition coefficient (Wildman–Crippen LogP) is 2.74. The van der Waals surface area contributed by atoms with E-state index in [2.05, 4.69) is 0 Å². The zero-order valence-corrected chi connectivity index (χ0v) is 8.13. The smallest absolute Gasteiger partial charge is 0.330 e. The van der Waals surface area contributed by atoms with Gasteiger partial charge in [0.25, 0.3) is 0 Å². The van der Waals surface area contributed by atoms with Gasteiger partial charge < -0.3 is 5.73 Å². The maximum Gasteiger partial charge on any atom is 0.393 e. The molecule has 1 nitrogen and oxygen atoms in total. The second kappa shape index (κ2) is 5.05. The number of nitrogens with two attached hydrogens (primary N) is 1. The van der Waals surface area contributed by atoms with Crippen molar-refractivity contribution in [1.29, 1.82) is 0 Å². The fraction of sp³-hybridized carbons (Fsp3) is 1.00. The molecule has 1 saturated carbocycles. The zero-order valence-electron chi connectivity index (χ0n) is 7.31. The van der Waals surface area contributed by atoms with E-state index in [1.807, 2.05) is 0 Å². The van der Waals surface area contributed by atoms with Gasteiger partial charge in [0.05, 0.1) is 5.92 Å². The van der Waals surface area contributed by atoms with E-state index in [0.29, 0.717) is 12.3 Å². The number of alkyl halides is 3. The lowest BCUT2D eigenvalue weighted by Gasteiger charge is -2.17. The van der Waals surface area contributed by atoms with Crippen LogP contribution < -0.4 is 5.73 Å². The number of hydrogen-bond acceptors (Lipinski definition) is 1. The molecular formula is C8H15ClF3N. The Balaban J connectivity index is 0.00000144. The Morgan fingerprint density at radius 1 is 1.31 bits per heavy atom. The van der Waals surface area contributed by atoms with Crippen LogP contribution >= 0.6 is 12.4 Å². The van der Waals surface area contributed by atoms with Gasteiger partial charge in [-0.05, 0) is 18.8 Å². The fourth-order valence-electron chi connectivity index (χ4n) is 1.26. The fourth-order valence-corrected chi connectivity index (χ4v) is 1.26. The van der Waals surface area contributed by atoms with Gasteiger partial charge in [0, 0.05) is 6.54 Å². The zero-order chi connectivity index (χ0) is 9.19. The molecule has 1 unspecified atom stereocenters. The molecule has 80 valence electrons. The first kappa shape index (κ1) is 13.0. The van der Waals surface area contributed by atoms with Crippen LogP contribution in [0.25, 0.3) is 0 Å². The highest BCUT2D eigenvalue weighted by atomic mass is 35.5. The Morgan fingerprint density at radius 3 is 2.15 bits per heavy atom. The van der Waals surface area contributed by atoms with Gasteiger partial charge >= 0.3 is 6.18 Å². The molecule has 13 heavy (non-hydrogen) atoms. The third-order valence-electron chi connectivity index (χ3n) is 2.37. The third kappa shape index (κ3) is 4.72. The molecule has 2 N–H and O–H groups in total. The Kier molecular flexibility index (Phi) is 5.07. The summed E-state index contributed by atoms with van der Waals surface area (Å²) in [5, 5.41) is 0. The quantitative estimate of drug-likeness (QED) is 0.770. The molecular weight excluding hydrogens is 203 g/mol. The first-order valence-corrected chi connectivity index (χ1v) is 4.31. The molecule has 0 aromatic rings. The van der Waals surface area contributed by atoms with Gasteiger partial charge in [0.1, 0.15) is 0 Å². The monoisotopic (exact) mass is 217 g/mol. The van der Waals surface area contributed by atoms with Crippen molar-refractivity contribution < 1.29 is 13.2 Å². The second-order valence-corrected chi connectivity index (χ2v) is 3.49. The molecule has 0 saturated heterocycles. The lowest BCUT2D eigenvalue weighted by molar-refractivity contribution is -0.173. The van der Waals surface area contributed by atoms with Gasteiger partial charge in [-0.25, -0.2) is 0 Å². The van der Waals surface area contributed by atoms with Crippen LogP contribution in [0.2, 0.25) is 0 Å². The van der Waals surface area contributed by atoms with Gasteiger partial charge in [-0.1, -0.05) is 12.8 Å². The molecule has 1 aliphatic rings. The van der Waals surface area contributed by atoms with Crippen LogP contribution in [0.1, 0.15) is 25.7 Å². The summed E-state index contributed by atoms with van der Waals surface area (Å²) in [5.74, 6) is -0.723. The van der Waals surface area contributed by atoms with Crippen LogP contribution in [0.15, 0.2) is 0 Å². The van der Waals surface area contributed by atoms with E-state index in [-0.39, 0.29) is 25.4 Å². The Morgan fingerprint density at radius 2 is 1.85 bits per heavy atom. The molecule has 1 aliphatic carbocycles. The van der Waals surface area contributed by atoms with E-state index in [4.69, 9.17) is 5.73 Å². The molecule has 0 amide bonds. The molecule has 5 heteroatoms. The minimum Gasteiger partial charge on any atom is -0.330 e. The van der Waals surface area contributed by atoms with Crippen molar-refractivity contribution in [3.63, 3.8) is 0 Å². The molecule has 0 spiro atoms. The average molecular weight is 218 g/mol. The number of halogens is 4. The summed E-state index contributed by atoms with van der Waals surface area (Å²) in [5.41, 5.74) is 5.05. The molecule has 1 atom stereocenters. The average Bonchev–Trinajstić information content (AvgIpc) is 2.69. The van der Waals surface area contributed by atoms with Crippen molar-refractivity contribution in [3.8, 4) is 0 Å². The highest BCUT2D eigenvalue weighted by Crippen LogP contribution is 2.37. The molecule has 0 heterocycles. The summed E-state index contributed by atoms with van der Waals surface area (Å²) in [6, 6.07) is 0. The van der Waals surface area contributed by atoms with Crippen molar-refractivity contribution in [1.82, 2.24) is 0 Å². The molecule has 0 aromatic carbocycles. The first-order valence-electron chi connectivity index (χ1n) is 4.31. The highest BCUT2D eigenvalue weighted by molar-refractivity contribution is 5.85. The van der Waals surface area contributed by atoms with Crippen molar-refractivity contribution >= 4 is 12.4 Å². The topological polar surface area (TPSA) is 26.0 Å². The summed E-state index contributed by atoms with van der Waals surface area (Å²) < 4.78 is 36.3. The minimum atomic E-state index is -4.09. The Bertz CT molecular complexity index is 145. The maximum absolute atomic E-state index is 12.1. The molecule has 0 aromatic heterocycles. The van der Waals surface area contributed by atoms with Crippen LogP contribution in [-0.2, 0) is 0 Å². The number of hydrogen-bond donors (Lipinski definition) is 1. The normalized spacial score (nSPS) is 19.4. The van der Waals surface area contributed by atoms with Gasteiger partial charge in [-0.3, -0.25) is 0 Å². The summed E-state index contributed by atoms with van der Waals surface area (Å²) in [4.78, 5) is 0. The largest absolute Gasteiger partial charge is 0.393 e. The van der Waals surface area contributed by atoms with E-state index in [1.54, 1.807) is 0 Å². The van der Waals surface area contributed by atoms with E-state index in [9.17, 15) is 13.2 Å². The van der Waals surface area contributed by atoms with Gasteiger partial charge in [0.2, 0.25) is 0 Å². The van der Waals surface area contributed by atoms with Gasteiger partial charge in [0.15, 0.2) is 0 Å². The summed E-state index contributed by atoms with van der Waals surface area (Å²) >= 11 is 0. The van der Waals surface area contributed by atoms with E-state index < -0.39 is 12.1 Å². The van der Waals surface area contributed by atoms with Gasteiger partial charge in [-0.15, -0.1) is 12.4 Å². The predicted molar refractivity (Wildman–Crippen MR) is 47.8 cm³/mol. The second-order valence-electron chi connectivity index (χ2n) is 3.49. The maximum atomic E-state index is 12.1. The Labute approximate surface area is 82.3 Å². The summed E-state index contributed by atoms with van der Waals surface area (Å²) in [7, 11) is 0. The van der Waals surface area contributed by atoms with Crippen LogP contribution in [-0.4, -0.2) is 12.7 Å². The third-order valence-corrected chi connectivity index (χ3v) is 2.37. The summed E-state index contributed by atoms with van der Waals surface area (Å²) in [6.45, 7) is -0.268. The molecule has 1 fully saturated rings. The molecule has 0 aliphatic heterocycles. The van der Waals surface area contributed by atoms with Crippen molar-refractivity contribution in [3.05, 3.63) is 0 Å². The molecule has 1 rings (SSSR count). The molecule has 0 bridgehead atoms. The Hall–Kier alpha value is 0.0400. The molecule has 0 radical (unpaired) electrons. The standard InChI is InChI=1S/C8H14F3N.ClH/c9-8(10,11)7(5-12)4-3-6-1-2-6;/h6-7H,1-5,12H2;1H.